The van der Waals surface area contributed by atoms with E-state index in [2.05, 4.69) is 21.0 Å². The van der Waals surface area contributed by atoms with Gasteiger partial charge in [-0.25, -0.2) is 4.39 Å². The maximum atomic E-state index is 13.1. The number of hydrogen-bond donors (Lipinski definition) is 1. The standard InChI is InChI=1S/C12H13BrFN3/c13-12-2-1-11(14)5-10(12)8-17-7-9(3-4-15)6-16-17/h1-2,5-7H,3-4,8,15H2. The van der Waals surface area contributed by atoms with Gasteiger partial charge in [0.2, 0.25) is 0 Å². The molecule has 0 aliphatic heterocycles. The Morgan fingerprint density at radius 1 is 1.41 bits per heavy atom. The summed E-state index contributed by atoms with van der Waals surface area (Å²) in [5.74, 6) is -0.238. The fourth-order valence-electron chi connectivity index (χ4n) is 1.63. The Bertz CT molecular complexity index is 510. The third kappa shape index (κ3) is 3.14. The molecule has 2 rings (SSSR count). The van der Waals surface area contributed by atoms with Crippen molar-refractivity contribution in [2.45, 2.75) is 13.0 Å². The zero-order valence-electron chi connectivity index (χ0n) is 9.24. The van der Waals surface area contributed by atoms with Gasteiger partial charge in [0.15, 0.2) is 0 Å². The summed E-state index contributed by atoms with van der Waals surface area (Å²) in [4.78, 5) is 0. The van der Waals surface area contributed by atoms with Crippen LogP contribution in [-0.4, -0.2) is 16.3 Å². The second-order valence-electron chi connectivity index (χ2n) is 3.82. The SMILES string of the molecule is NCCc1cnn(Cc2cc(F)ccc2Br)c1. The zero-order chi connectivity index (χ0) is 12.3. The van der Waals surface area contributed by atoms with Crippen LogP contribution in [0, 0.1) is 5.82 Å². The highest BCUT2D eigenvalue weighted by Gasteiger charge is 2.04. The molecule has 2 N–H and O–H groups in total. The van der Waals surface area contributed by atoms with E-state index in [4.69, 9.17) is 5.73 Å². The molecule has 17 heavy (non-hydrogen) atoms. The molecule has 0 saturated heterocycles. The van der Waals surface area contributed by atoms with Gasteiger partial charge in [-0.3, -0.25) is 4.68 Å². The Morgan fingerprint density at radius 3 is 3.00 bits per heavy atom. The van der Waals surface area contributed by atoms with Gasteiger partial charge in [0.25, 0.3) is 0 Å². The molecule has 3 nitrogen and oxygen atoms in total. The molecule has 1 aromatic carbocycles. The molecule has 5 heteroatoms. The minimum Gasteiger partial charge on any atom is -0.330 e. The number of nitrogens with zero attached hydrogens (tertiary/aromatic N) is 2. The maximum Gasteiger partial charge on any atom is 0.123 e. The van der Waals surface area contributed by atoms with Crippen molar-refractivity contribution < 1.29 is 4.39 Å². The monoisotopic (exact) mass is 297 g/mol. The molecule has 0 spiro atoms. The molecule has 0 unspecified atom stereocenters. The van der Waals surface area contributed by atoms with Gasteiger partial charge in [-0.2, -0.15) is 5.10 Å². The van der Waals surface area contributed by atoms with Crippen molar-refractivity contribution in [1.82, 2.24) is 9.78 Å². The van der Waals surface area contributed by atoms with Gasteiger partial charge in [-0.05, 0) is 42.3 Å². The van der Waals surface area contributed by atoms with Crippen LogP contribution in [0.5, 0.6) is 0 Å². The Hall–Kier alpha value is -1.20. The lowest BCUT2D eigenvalue weighted by atomic mass is 10.2. The molecule has 0 amide bonds. The second-order valence-corrected chi connectivity index (χ2v) is 4.67. The van der Waals surface area contributed by atoms with Gasteiger partial charge >= 0.3 is 0 Å². The van der Waals surface area contributed by atoms with E-state index in [0.717, 1.165) is 22.0 Å². The smallest absolute Gasteiger partial charge is 0.123 e. The average molecular weight is 298 g/mol. The van der Waals surface area contributed by atoms with Crippen molar-refractivity contribution in [2.75, 3.05) is 6.54 Å². The molecule has 90 valence electrons. The number of rotatable bonds is 4. The summed E-state index contributed by atoms with van der Waals surface area (Å²) in [5, 5.41) is 4.22. The van der Waals surface area contributed by atoms with Crippen LogP contribution in [-0.2, 0) is 13.0 Å². The summed E-state index contributed by atoms with van der Waals surface area (Å²) in [5.41, 5.74) is 7.44. The van der Waals surface area contributed by atoms with Gasteiger partial charge in [0, 0.05) is 10.7 Å². The quantitative estimate of drug-likeness (QED) is 0.941. The van der Waals surface area contributed by atoms with E-state index in [9.17, 15) is 4.39 Å². The highest BCUT2D eigenvalue weighted by atomic mass is 79.9. The molecule has 0 bridgehead atoms. The van der Waals surface area contributed by atoms with Crippen molar-refractivity contribution in [3.8, 4) is 0 Å². The second kappa shape index (κ2) is 5.42. The molecule has 0 atom stereocenters. The summed E-state index contributed by atoms with van der Waals surface area (Å²) in [6, 6.07) is 4.64. The number of halogens is 2. The van der Waals surface area contributed by atoms with Gasteiger partial charge in [-0.1, -0.05) is 15.9 Å². The van der Waals surface area contributed by atoms with E-state index in [0.29, 0.717) is 13.1 Å². The first kappa shape index (κ1) is 12.3. The lowest BCUT2D eigenvalue weighted by Crippen LogP contribution is -2.03. The molecular weight excluding hydrogens is 285 g/mol. The average Bonchev–Trinajstić information content (AvgIpc) is 2.72. The van der Waals surface area contributed by atoms with Gasteiger partial charge in [0.1, 0.15) is 5.82 Å². The molecule has 0 fully saturated rings. The van der Waals surface area contributed by atoms with E-state index in [1.54, 1.807) is 16.9 Å². The predicted octanol–water partition coefficient (Wildman–Crippen LogP) is 2.33. The maximum absolute atomic E-state index is 13.1. The Labute approximate surface area is 108 Å². The molecule has 0 saturated carbocycles. The first-order valence-electron chi connectivity index (χ1n) is 5.34. The van der Waals surface area contributed by atoms with Gasteiger partial charge in [0.05, 0.1) is 12.7 Å². The summed E-state index contributed by atoms with van der Waals surface area (Å²) in [6.45, 7) is 1.15. The van der Waals surface area contributed by atoms with Crippen LogP contribution in [0.3, 0.4) is 0 Å². The number of nitrogens with two attached hydrogens (primary N) is 1. The van der Waals surface area contributed by atoms with E-state index in [1.807, 2.05) is 6.20 Å². The molecule has 1 aromatic heterocycles. The number of hydrogen-bond acceptors (Lipinski definition) is 2. The van der Waals surface area contributed by atoms with Crippen molar-refractivity contribution in [2.24, 2.45) is 5.73 Å². The highest BCUT2D eigenvalue weighted by Crippen LogP contribution is 2.18. The Kier molecular flexibility index (Phi) is 3.91. The number of benzene rings is 1. The van der Waals surface area contributed by atoms with Crippen molar-refractivity contribution in [1.29, 1.82) is 0 Å². The minimum atomic E-state index is -0.238. The summed E-state index contributed by atoms with van der Waals surface area (Å²) in [7, 11) is 0. The first-order chi connectivity index (χ1) is 8.19. The Balaban J connectivity index is 2.16. The fraction of sp³-hybridized carbons (Fsp3) is 0.250. The highest BCUT2D eigenvalue weighted by molar-refractivity contribution is 9.10. The minimum absolute atomic E-state index is 0.238. The molecule has 0 radical (unpaired) electrons. The largest absolute Gasteiger partial charge is 0.330 e. The van der Waals surface area contributed by atoms with Crippen LogP contribution in [0.25, 0.3) is 0 Å². The Morgan fingerprint density at radius 2 is 2.24 bits per heavy atom. The summed E-state index contributed by atoms with van der Waals surface area (Å²) < 4.78 is 15.8. The van der Waals surface area contributed by atoms with Crippen LogP contribution >= 0.6 is 15.9 Å². The predicted molar refractivity (Wildman–Crippen MR) is 68.2 cm³/mol. The lowest BCUT2D eigenvalue weighted by molar-refractivity contribution is 0.618. The van der Waals surface area contributed by atoms with E-state index in [-0.39, 0.29) is 5.82 Å². The number of aromatic nitrogens is 2. The van der Waals surface area contributed by atoms with Crippen LogP contribution < -0.4 is 5.73 Å². The summed E-state index contributed by atoms with van der Waals surface area (Å²) in [6.07, 6.45) is 4.54. The van der Waals surface area contributed by atoms with E-state index >= 15 is 0 Å². The van der Waals surface area contributed by atoms with Gasteiger partial charge < -0.3 is 5.73 Å². The zero-order valence-corrected chi connectivity index (χ0v) is 10.8. The van der Waals surface area contributed by atoms with Crippen LogP contribution in [0.1, 0.15) is 11.1 Å². The lowest BCUT2D eigenvalue weighted by Gasteiger charge is -2.04. The fourth-order valence-corrected chi connectivity index (χ4v) is 2.00. The normalized spacial score (nSPS) is 10.8. The van der Waals surface area contributed by atoms with Crippen molar-refractivity contribution in [3.63, 3.8) is 0 Å². The molecule has 2 aromatic rings. The molecule has 0 aliphatic rings. The topological polar surface area (TPSA) is 43.8 Å². The molecule has 1 heterocycles. The molecular formula is C12H13BrFN3. The van der Waals surface area contributed by atoms with Crippen LogP contribution in [0.15, 0.2) is 35.1 Å². The van der Waals surface area contributed by atoms with Crippen LogP contribution in [0.4, 0.5) is 4.39 Å². The first-order valence-corrected chi connectivity index (χ1v) is 6.13. The molecule has 0 aliphatic carbocycles. The van der Waals surface area contributed by atoms with E-state index in [1.165, 1.54) is 12.1 Å². The third-order valence-electron chi connectivity index (χ3n) is 2.46. The van der Waals surface area contributed by atoms with Crippen LogP contribution in [0.2, 0.25) is 0 Å². The van der Waals surface area contributed by atoms with E-state index < -0.39 is 0 Å². The summed E-state index contributed by atoms with van der Waals surface area (Å²) >= 11 is 3.40. The van der Waals surface area contributed by atoms with Crippen molar-refractivity contribution >= 4 is 15.9 Å². The van der Waals surface area contributed by atoms with Gasteiger partial charge in [-0.15, -0.1) is 0 Å². The van der Waals surface area contributed by atoms with Crippen molar-refractivity contribution in [3.05, 3.63) is 52.0 Å². The third-order valence-corrected chi connectivity index (χ3v) is 3.23.